The minimum absolute atomic E-state index is 0. The Balaban J connectivity index is 0.00000341. The number of non-ortho nitro benzene ring substituents is 1. The largest absolute Gasteiger partial charge is 0.486 e. The van der Waals surface area contributed by atoms with Crippen LogP contribution in [0, 0.1) is 10.1 Å². The fourth-order valence-corrected chi connectivity index (χ4v) is 2.96. The Labute approximate surface area is 199 Å². The van der Waals surface area contributed by atoms with E-state index >= 15 is 0 Å². The molecule has 2 aromatic carbocycles. The first kappa shape index (κ1) is 24.7. The van der Waals surface area contributed by atoms with Gasteiger partial charge in [0.05, 0.1) is 11.5 Å². The number of hydrogen-bond donors (Lipinski definition) is 2. The molecule has 1 heterocycles. The van der Waals surface area contributed by atoms with Crippen LogP contribution in [-0.4, -0.2) is 36.2 Å². The Bertz CT molecular complexity index is 911. The SMILES string of the molecule is CC(C)(C)NC(=NCc1ccc([N+](=O)[O-])cc1)NCCc1ccc2c(c1)OCCO2.I. The number of nitro groups is 1. The number of nitrogens with one attached hydrogen (secondary N) is 2. The number of fused-ring (bicyclic) bond motifs is 1. The minimum Gasteiger partial charge on any atom is -0.486 e. The van der Waals surface area contributed by atoms with Gasteiger partial charge < -0.3 is 20.1 Å². The highest BCUT2D eigenvalue weighted by molar-refractivity contribution is 14.0. The number of halogens is 1. The van der Waals surface area contributed by atoms with Gasteiger partial charge in [0.25, 0.3) is 5.69 Å². The Kier molecular flexibility index (Phi) is 8.90. The highest BCUT2D eigenvalue weighted by Gasteiger charge is 2.14. The van der Waals surface area contributed by atoms with Gasteiger partial charge in [-0.1, -0.05) is 18.2 Å². The van der Waals surface area contributed by atoms with Crippen LogP contribution in [0.2, 0.25) is 0 Å². The fourth-order valence-electron chi connectivity index (χ4n) is 2.96. The molecule has 0 aliphatic carbocycles. The van der Waals surface area contributed by atoms with Crippen molar-refractivity contribution in [2.45, 2.75) is 39.3 Å². The second-order valence-corrected chi connectivity index (χ2v) is 8.12. The van der Waals surface area contributed by atoms with Crippen molar-refractivity contribution in [3.63, 3.8) is 0 Å². The van der Waals surface area contributed by atoms with E-state index in [1.54, 1.807) is 12.1 Å². The Hall–Kier alpha value is -2.56. The summed E-state index contributed by atoms with van der Waals surface area (Å²) < 4.78 is 11.2. The molecule has 0 amide bonds. The summed E-state index contributed by atoms with van der Waals surface area (Å²) in [4.78, 5) is 15.0. The maximum absolute atomic E-state index is 10.8. The van der Waals surface area contributed by atoms with Crippen molar-refractivity contribution in [2.75, 3.05) is 19.8 Å². The van der Waals surface area contributed by atoms with E-state index in [-0.39, 0.29) is 35.2 Å². The van der Waals surface area contributed by atoms with E-state index < -0.39 is 4.92 Å². The Morgan fingerprint density at radius 1 is 1.06 bits per heavy atom. The van der Waals surface area contributed by atoms with Crippen molar-refractivity contribution < 1.29 is 14.4 Å². The van der Waals surface area contributed by atoms with Crippen LogP contribution in [0.15, 0.2) is 47.5 Å². The standard InChI is InChI=1S/C22H28N4O4.HI/c1-22(2,3)25-21(24-15-17-4-7-18(8-5-17)26(27)28)23-11-10-16-6-9-19-20(14-16)30-13-12-29-19;/h4-9,14H,10-13,15H2,1-3H3,(H2,23,24,25);1H. The summed E-state index contributed by atoms with van der Waals surface area (Å²) in [7, 11) is 0. The maximum atomic E-state index is 10.8. The van der Waals surface area contributed by atoms with Gasteiger partial charge in [0, 0.05) is 24.2 Å². The lowest BCUT2D eigenvalue weighted by Gasteiger charge is -2.24. The van der Waals surface area contributed by atoms with Crippen LogP contribution < -0.4 is 20.1 Å². The van der Waals surface area contributed by atoms with E-state index in [0.717, 1.165) is 29.0 Å². The van der Waals surface area contributed by atoms with Gasteiger partial charge >= 0.3 is 0 Å². The van der Waals surface area contributed by atoms with Crippen LogP contribution in [0.1, 0.15) is 31.9 Å². The lowest BCUT2D eigenvalue weighted by Crippen LogP contribution is -2.48. The van der Waals surface area contributed by atoms with E-state index in [1.807, 2.05) is 18.2 Å². The molecule has 0 atom stereocenters. The van der Waals surface area contributed by atoms with Crippen molar-refractivity contribution in [2.24, 2.45) is 4.99 Å². The van der Waals surface area contributed by atoms with Gasteiger partial charge in [-0.05, 0) is 50.5 Å². The summed E-state index contributed by atoms with van der Waals surface area (Å²) >= 11 is 0. The fraction of sp³-hybridized carbons (Fsp3) is 0.409. The quantitative estimate of drug-likeness (QED) is 0.189. The third kappa shape index (κ3) is 7.89. The molecule has 0 bridgehead atoms. The van der Waals surface area contributed by atoms with Gasteiger partial charge in [0.1, 0.15) is 13.2 Å². The molecule has 31 heavy (non-hydrogen) atoms. The molecule has 9 heteroatoms. The molecule has 0 spiro atoms. The van der Waals surface area contributed by atoms with Gasteiger partial charge in [-0.3, -0.25) is 10.1 Å². The lowest BCUT2D eigenvalue weighted by atomic mass is 10.1. The first-order valence-electron chi connectivity index (χ1n) is 9.98. The molecule has 0 fully saturated rings. The molecule has 1 aliphatic heterocycles. The molecular weight excluding hydrogens is 511 g/mol. The predicted octanol–water partition coefficient (Wildman–Crippen LogP) is 4.06. The highest BCUT2D eigenvalue weighted by atomic mass is 127. The third-order valence-corrected chi connectivity index (χ3v) is 4.37. The molecule has 0 radical (unpaired) electrons. The topological polar surface area (TPSA) is 98.0 Å². The van der Waals surface area contributed by atoms with Gasteiger partial charge in [-0.2, -0.15) is 0 Å². The summed E-state index contributed by atoms with van der Waals surface area (Å²) in [6.07, 6.45) is 0.805. The van der Waals surface area contributed by atoms with Crippen LogP contribution >= 0.6 is 24.0 Å². The van der Waals surface area contributed by atoms with E-state index in [9.17, 15) is 10.1 Å². The average molecular weight is 540 g/mol. The Morgan fingerprint density at radius 2 is 1.71 bits per heavy atom. The monoisotopic (exact) mass is 540 g/mol. The molecule has 0 saturated heterocycles. The van der Waals surface area contributed by atoms with Crippen molar-refractivity contribution in [1.29, 1.82) is 0 Å². The van der Waals surface area contributed by atoms with Gasteiger partial charge in [0.2, 0.25) is 0 Å². The summed E-state index contributed by atoms with van der Waals surface area (Å²) in [6.45, 7) is 8.48. The zero-order valence-electron chi connectivity index (χ0n) is 18.0. The van der Waals surface area contributed by atoms with Gasteiger partial charge in [0.15, 0.2) is 17.5 Å². The Morgan fingerprint density at radius 3 is 2.35 bits per heavy atom. The number of rotatable bonds is 6. The van der Waals surface area contributed by atoms with Gasteiger partial charge in [-0.15, -0.1) is 24.0 Å². The van der Waals surface area contributed by atoms with Crippen LogP contribution in [-0.2, 0) is 13.0 Å². The van der Waals surface area contributed by atoms with Gasteiger partial charge in [-0.25, -0.2) is 4.99 Å². The van der Waals surface area contributed by atoms with E-state index in [2.05, 4.69) is 36.4 Å². The molecular formula is C22H29IN4O4. The number of benzene rings is 2. The zero-order valence-corrected chi connectivity index (χ0v) is 20.3. The molecule has 2 N–H and O–H groups in total. The number of ether oxygens (including phenoxy) is 2. The summed E-state index contributed by atoms with van der Waals surface area (Å²) in [5, 5.41) is 17.5. The smallest absolute Gasteiger partial charge is 0.269 e. The molecule has 3 rings (SSSR count). The van der Waals surface area contributed by atoms with Crippen molar-refractivity contribution >= 4 is 35.6 Å². The van der Waals surface area contributed by atoms with Crippen molar-refractivity contribution in [1.82, 2.24) is 10.6 Å². The van der Waals surface area contributed by atoms with E-state index in [1.165, 1.54) is 12.1 Å². The number of nitrogens with zero attached hydrogens (tertiary/aromatic N) is 2. The minimum atomic E-state index is -0.404. The molecule has 0 unspecified atom stereocenters. The summed E-state index contributed by atoms with van der Waals surface area (Å²) in [5.74, 6) is 2.27. The molecule has 1 aliphatic rings. The number of hydrogen-bond acceptors (Lipinski definition) is 5. The van der Waals surface area contributed by atoms with E-state index in [4.69, 9.17) is 9.47 Å². The predicted molar refractivity (Wildman–Crippen MR) is 132 cm³/mol. The van der Waals surface area contributed by atoms with Crippen LogP contribution in [0.25, 0.3) is 0 Å². The highest BCUT2D eigenvalue weighted by Crippen LogP contribution is 2.30. The van der Waals surface area contributed by atoms with Crippen LogP contribution in [0.4, 0.5) is 5.69 Å². The van der Waals surface area contributed by atoms with Crippen molar-refractivity contribution in [3.05, 3.63) is 63.7 Å². The third-order valence-electron chi connectivity index (χ3n) is 4.37. The molecule has 2 aromatic rings. The maximum Gasteiger partial charge on any atom is 0.269 e. The second kappa shape index (κ2) is 11.2. The zero-order chi connectivity index (χ0) is 21.6. The van der Waals surface area contributed by atoms with Crippen LogP contribution in [0.3, 0.4) is 0 Å². The number of nitro benzene ring substituents is 1. The summed E-state index contributed by atoms with van der Waals surface area (Å²) in [6, 6.07) is 12.5. The molecule has 0 aromatic heterocycles. The normalized spacial score (nSPS) is 13.2. The number of guanidine groups is 1. The molecule has 8 nitrogen and oxygen atoms in total. The molecule has 0 saturated carbocycles. The van der Waals surface area contributed by atoms with Crippen molar-refractivity contribution in [3.8, 4) is 11.5 Å². The number of aliphatic imine (C=N–C) groups is 1. The first-order valence-corrected chi connectivity index (χ1v) is 9.98. The lowest BCUT2D eigenvalue weighted by molar-refractivity contribution is -0.384. The summed E-state index contributed by atoms with van der Waals surface area (Å²) in [5.41, 5.74) is 1.98. The first-order chi connectivity index (χ1) is 14.3. The average Bonchev–Trinajstić information content (AvgIpc) is 2.71. The van der Waals surface area contributed by atoms with Crippen LogP contribution in [0.5, 0.6) is 11.5 Å². The second-order valence-electron chi connectivity index (χ2n) is 8.12. The molecule has 168 valence electrons. The van der Waals surface area contributed by atoms with E-state index in [0.29, 0.717) is 32.3 Å².